The number of halogens is 1. The van der Waals surface area contributed by atoms with Crippen molar-refractivity contribution in [3.8, 4) is 0 Å². The Balaban J connectivity index is 3.03. The van der Waals surface area contributed by atoms with Gasteiger partial charge in [0.05, 0.1) is 0 Å². The average molecular weight is 270 g/mol. The van der Waals surface area contributed by atoms with Crippen molar-refractivity contribution in [2.24, 2.45) is 0 Å². The second-order valence-corrected chi connectivity index (χ2v) is 5.44. The molecule has 18 heavy (non-hydrogen) atoms. The molecule has 3 nitrogen and oxygen atoms in total. The topological polar surface area (TPSA) is 37.8 Å². The quantitative estimate of drug-likeness (QED) is 0.765. The van der Waals surface area contributed by atoms with Gasteiger partial charge in [0.1, 0.15) is 16.8 Å². The summed E-state index contributed by atoms with van der Waals surface area (Å²) in [5.41, 5.74) is 0.103. The third-order valence-corrected chi connectivity index (χ3v) is 3.85. The Bertz CT molecular complexity index is 378. The summed E-state index contributed by atoms with van der Waals surface area (Å²) in [6.45, 7) is 10.7. The second kappa shape index (κ2) is 6.37. The number of hydrogen-bond donors (Lipinski definition) is 1. The van der Waals surface area contributed by atoms with Gasteiger partial charge in [0.25, 0.3) is 0 Å². The Morgan fingerprint density at radius 2 is 1.72 bits per heavy atom. The molecule has 0 aromatic carbocycles. The molecule has 4 heteroatoms. The van der Waals surface area contributed by atoms with Gasteiger partial charge in [-0.05, 0) is 19.3 Å². The first-order valence-corrected chi connectivity index (χ1v) is 7.16. The van der Waals surface area contributed by atoms with E-state index in [2.05, 4.69) is 49.9 Å². The van der Waals surface area contributed by atoms with Crippen LogP contribution in [0.1, 0.15) is 65.6 Å². The van der Waals surface area contributed by atoms with Gasteiger partial charge in [0.2, 0.25) is 0 Å². The maximum Gasteiger partial charge on any atom is 0.135 e. The molecular formula is C14H24ClN3. The van der Waals surface area contributed by atoms with E-state index in [0.717, 1.165) is 30.9 Å². The summed E-state index contributed by atoms with van der Waals surface area (Å²) in [7, 11) is 0. The molecule has 0 fully saturated rings. The maximum absolute atomic E-state index is 6.06. The average Bonchev–Trinajstić information content (AvgIpc) is 2.35. The molecule has 1 rings (SSSR count). The monoisotopic (exact) mass is 269 g/mol. The Morgan fingerprint density at radius 3 is 2.17 bits per heavy atom. The van der Waals surface area contributed by atoms with Crippen molar-refractivity contribution >= 4 is 17.4 Å². The molecule has 1 aromatic heterocycles. The molecule has 1 heterocycles. The molecule has 0 aliphatic heterocycles. The van der Waals surface area contributed by atoms with E-state index in [1.165, 1.54) is 0 Å². The Morgan fingerprint density at radius 1 is 1.17 bits per heavy atom. The van der Waals surface area contributed by atoms with Gasteiger partial charge >= 0.3 is 0 Å². The summed E-state index contributed by atoms with van der Waals surface area (Å²) in [5.74, 6) is 1.91. The fourth-order valence-corrected chi connectivity index (χ4v) is 2.23. The van der Waals surface area contributed by atoms with Crippen molar-refractivity contribution in [2.45, 2.75) is 65.3 Å². The highest BCUT2D eigenvalue weighted by atomic mass is 35.5. The van der Waals surface area contributed by atoms with Crippen LogP contribution in [0.25, 0.3) is 0 Å². The van der Waals surface area contributed by atoms with Crippen LogP contribution in [0.4, 0.5) is 5.82 Å². The lowest BCUT2D eigenvalue weighted by molar-refractivity contribution is 0.418. The summed E-state index contributed by atoms with van der Waals surface area (Å²) in [5, 5.41) is 4.05. The van der Waals surface area contributed by atoms with E-state index in [-0.39, 0.29) is 11.5 Å². The van der Waals surface area contributed by atoms with Crippen LogP contribution in [0.2, 0.25) is 5.15 Å². The van der Waals surface area contributed by atoms with E-state index in [9.17, 15) is 0 Å². The van der Waals surface area contributed by atoms with Crippen LogP contribution in [-0.2, 0) is 0 Å². The SMILES string of the molecule is CCC(CC)(CC)Nc1cc(Cl)nc(C(C)C)n1. The van der Waals surface area contributed by atoms with Gasteiger partial charge in [-0.1, -0.05) is 46.2 Å². The molecule has 0 aliphatic rings. The molecule has 0 atom stereocenters. The van der Waals surface area contributed by atoms with Crippen LogP contribution in [0.3, 0.4) is 0 Å². The minimum absolute atomic E-state index is 0.103. The fourth-order valence-electron chi connectivity index (χ4n) is 2.04. The molecule has 0 saturated heterocycles. The molecule has 0 unspecified atom stereocenters. The van der Waals surface area contributed by atoms with E-state index in [1.807, 2.05) is 6.07 Å². The minimum Gasteiger partial charge on any atom is -0.365 e. The second-order valence-electron chi connectivity index (χ2n) is 5.05. The molecule has 0 amide bonds. The summed E-state index contributed by atoms with van der Waals surface area (Å²) < 4.78 is 0. The Labute approximate surface area is 115 Å². The van der Waals surface area contributed by atoms with Crippen LogP contribution in [0.15, 0.2) is 6.07 Å². The summed E-state index contributed by atoms with van der Waals surface area (Å²) in [6, 6.07) is 1.81. The number of nitrogens with zero attached hydrogens (tertiary/aromatic N) is 2. The molecule has 1 aromatic rings. The number of anilines is 1. The van der Waals surface area contributed by atoms with Crippen LogP contribution in [0, 0.1) is 0 Å². The van der Waals surface area contributed by atoms with Gasteiger partial charge < -0.3 is 5.32 Å². The lowest BCUT2D eigenvalue weighted by Crippen LogP contribution is -2.36. The van der Waals surface area contributed by atoms with Gasteiger partial charge in [-0.3, -0.25) is 0 Å². The van der Waals surface area contributed by atoms with Crippen LogP contribution in [-0.4, -0.2) is 15.5 Å². The van der Waals surface area contributed by atoms with Crippen LogP contribution >= 0.6 is 11.6 Å². The van der Waals surface area contributed by atoms with Crippen LogP contribution in [0.5, 0.6) is 0 Å². The fraction of sp³-hybridized carbons (Fsp3) is 0.714. The highest BCUT2D eigenvalue weighted by molar-refractivity contribution is 6.29. The Kier molecular flexibility index (Phi) is 5.39. The predicted molar refractivity (Wildman–Crippen MR) is 78.4 cm³/mol. The summed E-state index contributed by atoms with van der Waals surface area (Å²) >= 11 is 6.06. The lowest BCUT2D eigenvalue weighted by Gasteiger charge is -2.32. The lowest BCUT2D eigenvalue weighted by atomic mass is 9.90. The van der Waals surface area contributed by atoms with Crippen molar-refractivity contribution < 1.29 is 0 Å². The number of hydrogen-bond acceptors (Lipinski definition) is 3. The molecule has 0 saturated carbocycles. The van der Waals surface area contributed by atoms with Crippen molar-refractivity contribution in [2.75, 3.05) is 5.32 Å². The van der Waals surface area contributed by atoms with E-state index in [1.54, 1.807) is 0 Å². The van der Waals surface area contributed by atoms with Gasteiger partial charge in [-0.25, -0.2) is 9.97 Å². The zero-order chi connectivity index (χ0) is 13.8. The normalized spacial score (nSPS) is 11.9. The first kappa shape index (κ1) is 15.2. The van der Waals surface area contributed by atoms with E-state index >= 15 is 0 Å². The molecule has 102 valence electrons. The molecule has 0 bridgehead atoms. The van der Waals surface area contributed by atoms with Crippen molar-refractivity contribution in [3.05, 3.63) is 17.0 Å². The molecule has 0 spiro atoms. The number of rotatable bonds is 6. The highest BCUT2D eigenvalue weighted by Crippen LogP contribution is 2.26. The van der Waals surface area contributed by atoms with Gasteiger partial charge in [0, 0.05) is 17.5 Å². The number of nitrogens with one attached hydrogen (secondary N) is 1. The molecular weight excluding hydrogens is 246 g/mol. The Hall–Kier alpha value is -0.830. The molecule has 0 radical (unpaired) electrons. The zero-order valence-electron chi connectivity index (χ0n) is 12.0. The zero-order valence-corrected chi connectivity index (χ0v) is 12.8. The summed E-state index contributed by atoms with van der Waals surface area (Å²) in [6.07, 6.45) is 3.20. The van der Waals surface area contributed by atoms with Gasteiger partial charge in [-0.2, -0.15) is 0 Å². The first-order chi connectivity index (χ1) is 8.46. The molecule has 0 aliphatic carbocycles. The minimum atomic E-state index is 0.103. The van der Waals surface area contributed by atoms with Gasteiger partial charge in [-0.15, -0.1) is 0 Å². The third-order valence-electron chi connectivity index (χ3n) is 3.65. The van der Waals surface area contributed by atoms with Crippen molar-refractivity contribution in [1.29, 1.82) is 0 Å². The standard InChI is InChI=1S/C14H24ClN3/c1-6-14(7-2,8-3)18-12-9-11(15)16-13(17-12)10(4)5/h9-10H,6-8H2,1-5H3,(H,16,17,18). The number of aromatic nitrogens is 2. The van der Waals surface area contributed by atoms with Crippen LogP contribution < -0.4 is 5.32 Å². The van der Waals surface area contributed by atoms with E-state index in [4.69, 9.17) is 11.6 Å². The third kappa shape index (κ3) is 3.58. The smallest absolute Gasteiger partial charge is 0.135 e. The van der Waals surface area contributed by atoms with Gasteiger partial charge in [0.15, 0.2) is 0 Å². The summed E-state index contributed by atoms with van der Waals surface area (Å²) in [4.78, 5) is 8.81. The highest BCUT2D eigenvalue weighted by Gasteiger charge is 2.24. The first-order valence-electron chi connectivity index (χ1n) is 6.79. The van der Waals surface area contributed by atoms with Crippen molar-refractivity contribution in [1.82, 2.24) is 9.97 Å². The van der Waals surface area contributed by atoms with E-state index < -0.39 is 0 Å². The van der Waals surface area contributed by atoms with E-state index in [0.29, 0.717) is 5.15 Å². The maximum atomic E-state index is 6.06. The predicted octanol–water partition coefficient (Wildman–Crippen LogP) is 4.63. The molecule has 1 N–H and O–H groups in total. The largest absolute Gasteiger partial charge is 0.365 e. The van der Waals surface area contributed by atoms with Crippen molar-refractivity contribution in [3.63, 3.8) is 0 Å².